The average molecular weight is 751 g/mol. The van der Waals surface area contributed by atoms with Crippen molar-refractivity contribution in [3.05, 3.63) is 131 Å². The zero-order valence-electron chi connectivity index (χ0n) is 23.2. The van der Waals surface area contributed by atoms with E-state index in [1.165, 1.54) is 23.5 Å². The molecule has 4 nitrogen and oxygen atoms in total. The summed E-state index contributed by atoms with van der Waals surface area (Å²) in [4.78, 5) is 25.3. The molecule has 2 unspecified atom stereocenters. The van der Waals surface area contributed by atoms with Gasteiger partial charge < -0.3 is 0 Å². The molecule has 0 spiro atoms. The molecule has 0 N–H and O–H groups in total. The molecule has 0 amide bonds. The quantitative estimate of drug-likeness (QED) is 0.0842. The van der Waals surface area contributed by atoms with Crippen LogP contribution in [0.3, 0.4) is 0 Å². The van der Waals surface area contributed by atoms with Crippen LogP contribution in [0.5, 0.6) is 0 Å². The Bertz CT molecular complexity index is 1370. The summed E-state index contributed by atoms with van der Waals surface area (Å²) >= 11 is 40.8. The van der Waals surface area contributed by atoms with Gasteiger partial charge in [0.25, 0.3) is 0 Å². The van der Waals surface area contributed by atoms with Crippen LogP contribution in [0, 0.1) is 4.91 Å². The van der Waals surface area contributed by atoms with Gasteiger partial charge in [-0.3, -0.25) is 0 Å². The standard InChI is InChI=1S/C32H28Cl6NO3S2/c33-23-13-7-21(8-14-23)11-17-25(43-31-27(35)3-1-4-28(31)36)19-41-39(40)42-20-26(18-12-22-9-15-24(34)16-10-22)44-32-29(37)5-2-6-30(32)38/h1-10,13-16,25-26H,11-12,17-20H2/q+1. The van der Waals surface area contributed by atoms with Crippen molar-refractivity contribution < 1.29 is 14.8 Å². The summed E-state index contributed by atoms with van der Waals surface area (Å²) in [6.07, 6.45) is 2.85. The van der Waals surface area contributed by atoms with E-state index < -0.39 is 0 Å². The van der Waals surface area contributed by atoms with Crippen molar-refractivity contribution in [2.24, 2.45) is 0 Å². The minimum atomic E-state index is -0.153. The lowest BCUT2D eigenvalue weighted by Gasteiger charge is -2.17. The minimum Gasteiger partial charge on any atom is -0.185 e. The molecule has 4 aromatic rings. The minimum absolute atomic E-state index is 0.0717. The van der Waals surface area contributed by atoms with Crippen molar-refractivity contribution in [1.29, 1.82) is 0 Å². The molecule has 0 saturated carbocycles. The molecule has 12 heteroatoms. The zero-order chi connectivity index (χ0) is 31.5. The van der Waals surface area contributed by atoms with Crippen molar-refractivity contribution in [3.8, 4) is 0 Å². The average Bonchev–Trinajstić information content (AvgIpc) is 3.00. The lowest BCUT2D eigenvalue weighted by molar-refractivity contribution is -0.981. The van der Waals surface area contributed by atoms with Crippen molar-refractivity contribution in [1.82, 2.24) is 0 Å². The smallest absolute Gasteiger partial charge is 0.185 e. The molecule has 0 radical (unpaired) electrons. The van der Waals surface area contributed by atoms with Gasteiger partial charge in [0.05, 0.1) is 30.6 Å². The highest BCUT2D eigenvalue weighted by Gasteiger charge is 2.25. The van der Waals surface area contributed by atoms with Gasteiger partial charge in [-0.25, -0.2) is 0 Å². The van der Waals surface area contributed by atoms with Crippen molar-refractivity contribution >= 4 is 93.1 Å². The van der Waals surface area contributed by atoms with Gasteiger partial charge in [0.15, 0.2) is 13.2 Å². The first-order valence-corrected chi connectivity index (χ1v) is 17.6. The fraction of sp³-hybridized carbons (Fsp3) is 0.250. The molecule has 4 aromatic carbocycles. The third-order valence-corrected chi connectivity index (χ3v) is 11.4. The molecule has 44 heavy (non-hydrogen) atoms. The highest BCUT2D eigenvalue weighted by molar-refractivity contribution is 8.00. The Labute approximate surface area is 296 Å². The Hall–Kier alpha value is -1.48. The first-order valence-electron chi connectivity index (χ1n) is 13.6. The molecule has 0 bridgehead atoms. The molecule has 232 valence electrons. The van der Waals surface area contributed by atoms with Crippen LogP contribution in [0.1, 0.15) is 24.0 Å². The lowest BCUT2D eigenvalue weighted by Crippen LogP contribution is -2.23. The Balaban J connectivity index is 1.39. The van der Waals surface area contributed by atoms with E-state index in [4.69, 9.17) is 79.3 Å². The molecule has 0 aromatic heterocycles. The van der Waals surface area contributed by atoms with Crippen molar-refractivity contribution in [2.45, 2.75) is 46.0 Å². The largest absolute Gasteiger partial charge is 0.477 e. The molecular formula is C32H28Cl6NO3S2+. The molecular weight excluding hydrogens is 723 g/mol. The van der Waals surface area contributed by atoms with Gasteiger partial charge in [-0.15, -0.1) is 23.5 Å². The fourth-order valence-corrected chi connectivity index (χ4v) is 7.86. The van der Waals surface area contributed by atoms with Crippen LogP contribution in [0.2, 0.25) is 30.1 Å². The fourth-order valence-electron chi connectivity index (χ4n) is 4.16. The van der Waals surface area contributed by atoms with E-state index in [1.54, 1.807) is 36.4 Å². The predicted molar refractivity (Wildman–Crippen MR) is 187 cm³/mol. The molecule has 2 atom stereocenters. The first kappa shape index (κ1) is 35.4. The van der Waals surface area contributed by atoms with Crippen LogP contribution in [0.15, 0.2) is 94.7 Å². The van der Waals surface area contributed by atoms with Crippen molar-refractivity contribution in [3.63, 3.8) is 0 Å². The number of aryl methyl sites for hydroxylation is 2. The Morgan fingerprint density at radius 2 is 0.886 bits per heavy atom. The van der Waals surface area contributed by atoms with E-state index in [0.29, 0.717) is 43.0 Å². The maximum absolute atomic E-state index is 12.8. The van der Waals surface area contributed by atoms with Crippen LogP contribution in [-0.4, -0.2) is 28.8 Å². The van der Waals surface area contributed by atoms with E-state index in [0.717, 1.165) is 33.8 Å². The van der Waals surface area contributed by atoms with Crippen LogP contribution in [-0.2, 0) is 22.5 Å². The van der Waals surface area contributed by atoms with Crippen LogP contribution < -0.4 is 0 Å². The second kappa shape index (κ2) is 18.0. The number of rotatable bonds is 16. The summed E-state index contributed by atoms with van der Waals surface area (Å²) in [6, 6.07) is 26.0. The van der Waals surface area contributed by atoms with Gasteiger partial charge >= 0.3 is 5.09 Å². The third-order valence-electron chi connectivity index (χ3n) is 6.48. The van der Waals surface area contributed by atoms with E-state index in [9.17, 15) is 4.91 Å². The normalized spacial score (nSPS) is 12.5. The Kier molecular flexibility index (Phi) is 14.5. The number of halogens is 6. The molecule has 0 aliphatic rings. The zero-order valence-corrected chi connectivity index (χ0v) is 29.4. The van der Waals surface area contributed by atoms with Crippen LogP contribution in [0.25, 0.3) is 0 Å². The van der Waals surface area contributed by atoms with Crippen LogP contribution in [0.4, 0.5) is 0 Å². The molecule has 0 heterocycles. The lowest BCUT2D eigenvalue weighted by atomic mass is 10.1. The SMILES string of the molecule is O=[N+](OCC(CCc1ccc(Cl)cc1)Sc1c(Cl)cccc1Cl)OCC(CCc1ccc(Cl)cc1)Sc1c(Cl)cccc1Cl. The maximum atomic E-state index is 12.8. The highest BCUT2D eigenvalue weighted by atomic mass is 35.5. The summed E-state index contributed by atoms with van der Waals surface area (Å²) in [5, 5.41) is 3.36. The Morgan fingerprint density at radius 1 is 0.545 bits per heavy atom. The van der Waals surface area contributed by atoms with Gasteiger partial charge in [-0.05, 0) is 85.3 Å². The topological polar surface area (TPSA) is 38.5 Å². The van der Waals surface area contributed by atoms with E-state index in [-0.39, 0.29) is 28.8 Å². The Morgan fingerprint density at radius 3 is 1.23 bits per heavy atom. The molecule has 0 aliphatic carbocycles. The van der Waals surface area contributed by atoms with Crippen LogP contribution >= 0.6 is 93.1 Å². The number of benzene rings is 4. The second-order valence-electron chi connectivity index (χ2n) is 9.73. The summed E-state index contributed by atoms with van der Waals surface area (Å²) in [5.41, 5.74) is 2.22. The summed E-state index contributed by atoms with van der Waals surface area (Å²) in [6.45, 7) is 0.143. The van der Waals surface area contributed by atoms with E-state index >= 15 is 0 Å². The van der Waals surface area contributed by atoms with E-state index in [1.807, 2.05) is 48.5 Å². The van der Waals surface area contributed by atoms with Crippen molar-refractivity contribution in [2.75, 3.05) is 13.2 Å². The summed E-state index contributed by atoms with van der Waals surface area (Å²) in [5.74, 6) is 0. The van der Waals surface area contributed by atoms with Gasteiger partial charge in [0, 0.05) is 19.8 Å². The molecule has 0 saturated heterocycles. The number of thioether (sulfide) groups is 2. The number of nitrogens with zero attached hydrogens (tertiary/aromatic N) is 1. The number of hydrogen-bond donors (Lipinski definition) is 0. The maximum Gasteiger partial charge on any atom is 0.477 e. The van der Waals surface area contributed by atoms with Gasteiger partial charge in [0.1, 0.15) is 4.91 Å². The van der Waals surface area contributed by atoms with E-state index in [2.05, 4.69) is 0 Å². The second-order valence-corrected chi connectivity index (χ2v) is 14.8. The molecule has 0 aliphatic heterocycles. The van der Waals surface area contributed by atoms with Gasteiger partial charge in [-0.1, -0.05) is 106 Å². The van der Waals surface area contributed by atoms with Gasteiger partial charge in [-0.2, -0.15) is 9.68 Å². The molecule has 0 fully saturated rings. The highest BCUT2D eigenvalue weighted by Crippen LogP contribution is 2.39. The number of hydrogen-bond acceptors (Lipinski definition) is 5. The summed E-state index contributed by atoms with van der Waals surface area (Å²) in [7, 11) is 0. The molecule has 4 rings (SSSR count). The summed E-state index contributed by atoms with van der Waals surface area (Å²) < 4.78 is 0. The third kappa shape index (κ3) is 11.4. The first-order chi connectivity index (χ1) is 21.2. The van der Waals surface area contributed by atoms with Gasteiger partial charge in [0.2, 0.25) is 0 Å². The predicted octanol–water partition coefficient (Wildman–Crippen LogP) is 12.1. The monoisotopic (exact) mass is 748 g/mol.